The van der Waals surface area contributed by atoms with Crippen molar-refractivity contribution in [1.82, 2.24) is 0 Å². The van der Waals surface area contributed by atoms with Crippen molar-refractivity contribution in [2.75, 3.05) is 0 Å². The molecule has 1 aromatic rings. The lowest BCUT2D eigenvalue weighted by Crippen LogP contribution is -1.97. The molecule has 0 aliphatic heterocycles. The van der Waals surface area contributed by atoms with Crippen molar-refractivity contribution in [2.45, 2.75) is 6.42 Å². The van der Waals surface area contributed by atoms with Crippen LogP contribution >= 0.6 is 0 Å². The van der Waals surface area contributed by atoms with Crippen LogP contribution in [0.3, 0.4) is 0 Å². The van der Waals surface area contributed by atoms with E-state index in [4.69, 9.17) is 0 Å². The Morgan fingerprint density at radius 3 is 2.40 bits per heavy atom. The van der Waals surface area contributed by atoms with E-state index in [9.17, 15) is 4.79 Å². The summed E-state index contributed by atoms with van der Waals surface area (Å²) in [5.74, 6) is -0.0527. The Bertz CT molecular complexity index is 385. The summed E-state index contributed by atoms with van der Waals surface area (Å²) >= 11 is 0. The SMILES string of the molecule is C=CC/C=C(\C(=O)C=C)c1ccccc1. The van der Waals surface area contributed by atoms with Crippen molar-refractivity contribution >= 4 is 11.4 Å². The van der Waals surface area contributed by atoms with Gasteiger partial charge >= 0.3 is 0 Å². The summed E-state index contributed by atoms with van der Waals surface area (Å²) in [7, 11) is 0. The summed E-state index contributed by atoms with van der Waals surface area (Å²) in [6, 6.07) is 9.57. The Balaban J connectivity index is 3.06. The van der Waals surface area contributed by atoms with Gasteiger partial charge in [-0.15, -0.1) is 6.58 Å². The van der Waals surface area contributed by atoms with Crippen molar-refractivity contribution in [3.8, 4) is 0 Å². The molecule has 15 heavy (non-hydrogen) atoms. The monoisotopic (exact) mass is 198 g/mol. The molecule has 76 valence electrons. The molecule has 0 unspecified atom stereocenters. The Kier molecular flexibility index (Phi) is 4.30. The van der Waals surface area contributed by atoms with Gasteiger partial charge in [0.15, 0.2) is 5.78 Å². The van der Waals surface area contributed by atoms with E-state index in [1.165, 1.54) is 6.08 Å². The van der Waals surface area contributed by atoms with Gasteiger partial charge in [-0.25, -0.2) is 0 Å². The fraction of sp³-hybridized carbons (Fsp3) is 0.0714. The number of allylic oxidation sites excluding steroid dienone is 4. The number of benzene rings is 1. The van der Waals surface area contributed by atoms with Crippen LogP contribution in [0.5, 0.6) is 0 Å². The molecule has 0 heterocycles. The zero-order valence-electron chi connectivity index (χ0n) is 8.65. The molecule has 0 radical (unpaired) electrons. The zero-order chi connectivity index (χ0) is 11.1. The second-order valence-electron chi connectivity index (χ2n) is 3.08. The first-order valence-corrected chi connectivity index (χ1v) is 4.83. The number of hydrogen-bond acceptors (Lipinski definition) is 1. The maximum Gasteiger partial charge on any atom is 0.185 e. The van der Waals surface area contributed by atoms with E-state index in [0.717, 1.165) is 5.56 Å². The van der Waals surface area contributed by atoms with Gasteiger partial charge in [-0.3, -0.25) is 4.79 Å². The molecule has 0 amide bonds. The quantitative estimate of drug-likeness (QED) is 0.523. The highest BCUT2D eigenvalue weighted by Gasteiger charge is 2.06. The molecule has 1 rings (SSSR count). The third kappa shape index (κ3) is 3.06. The summed E-state index contributed by atoms with van der Waals surface area (Å²) in [5, 5.41) is 0. The standard InChI is InChI=1S/C14H14O/c1-3-5-11-13(14(15)4-2)12-9-7-6-8-10-12/h3-4,6-11H,1-2,5H2/b13-11-. The van der Waals surface area contributed by atoms with Crippen LogP contribution in [0.4, 0.5) is 0 Å². The minimum Gasteiger partial charge on any atom is -0.289 e. The molecule has 0 aromatic heterocycles. The van der Waals surface area contributed by atoms with Gasteiger partial charge in [-0.2, -0.15) is 0 Å². The maximum absolute atomic E-state index is 11.6. The number of ketones is 1. The first kappa shape index (κ1) is 11.2. The molecular formula is C14H14O. The molecule has 0 N–H and O–H groups in total. The molecule has 0 aliphatic carbocycles. The van der Waals surface area contributed by atoms with Crippen molar-refractivity contribution in [3.05, 3.63) is 67.3 Å². The molecule has 1 nitrogen and oxygen atoms in total. The summed E-state index contributed by atoms with van der Waals surface area (Å²) < 4.78 is 0. The first-order chi connectivity index (χ1) is 7.29. The molecule has 0 aliphatic rings. The Morgan fingerprint density at radius 2 is 1.87 bits per heavy atom. The van der Waals surface area contributed by atoms with Crippen molar-refractivity contribution in [2.24, 2.45) is 0 Å². The molecule has 0 saturated carbocycles. The van der Waals surface area contributed by atoms with Crippen molar-refractivity contribution in [3.63, 3.8) is 0 Å². The largest absolute Gasteiger partial charge is 0.289 e. The third-order valence-electron chi connectivity index (χ3n) is 2.02. The van der Waals surface area contributed by atoms with Crippen LogP contribution in [0.15, 0.2) is 61.7 Å². The number of hydrogen-bond donors (Lipinski definition) is 0. The summed E-state index contributed by atoms with van der Waals surface area (Å²) in [5.41, 5.74) is 1.61. The van der Waals surface area contributed by atoms with E-state index in [1.807, 2.05) is 36.4 Å². The molecule has 0 atom stereocenters. The van der Waals surface area contributed by atoms with Gasteiger partial charge in [0.25, 0.3) is 0 Å². The van der Waals surface area contributed by atoms with Crippen LogP contribution < -0.4 is 0 Å². The predicted molar refractivity (Wildman–Crippen MR) is 64.4 cm³/mol. The average Bonchev–Trinajstić information content (AvgIpc) is 2.30. The number of carbonyl (C=O) groups is 1. The highest BCUT2D eigenvalue weighted by molar-refractivity contribution is 6.25. The van der Waals surface area contributed by atoms with E-state index in [1.54, 1.807) is 6.08 Å². The minimum absolute atomic E-state index is 0.0527. The first-order valence-electron chi connectivity index (χ1n) is 4.83. The topological polar surface area (TPSA) is 17.1 Å². The predicted octanol–water partition coefficient (Wildman–Crippen LogP) is 3.40. The average molecular weight is 198 g/mol. The Morgan fingerprint density at radius 1 is 1.20 bits per heavy atom. The third-order valence-corrected chi connectivity index (χ3v) is 2.02. The number of rotatable bonds is 5. The summed E-state index contributed by atoms with van der Waals surface area (Å²) in [6.45, 7) is 7.13. The van der Waals surface area contributed by atoms with Gasteiger partial charge in [-0.05, 0) is 18.1 Å². The van der Waals surface area contributed by atoms with Crippen LogP contribution in [-0.2, 0) is 4.79 Å². The molecule has 1 heteroatoms. The zero-order valence-corrected chi connectivity index (χ0v) is 8.65. The lowest BCUT2D eigenvalue weighted by Gasteiger charge is -2.03. The second kappa shape index (κ2) is 5.76. The van der Waals surface area contributed by atoms with Crippen LogP contribution in [0.1, 0.15) is 12.0 Å². The van der Waals surface area contributed by atoms with Crippen LogP contribution in [0.25, 0.3) is 5.57 Å². The smallest absolute Gasteiger partial charge is 0.185 e. The summed E-state index contributed by atoms with van der Waals surface area (Å²) in [6.07, 6.45) is 5.65. The van der Waals surface area contributed by atoms with Gasteiger partial charge in [0, 0.05) is 5.57 Å². The molecular weight excluding hydrogens is 184 g/mol. The normalized spacial score (nSPS) is 10.8. The fourth-order valence-electron chi connectivity index (χ4n) is 1.29. The van der Waals surface area contributed by atoms with E-state index in [0.29, 0.717) is 12.0 Å². The van der Waals surface area contributed by atoms with Crippen molar-refractivity contribution < 1.29 is 4.79 Å². The Hall–Kier alpha value is -1.89. The van der Waals surface area contributed by atoms with E-state index in [2.05, 4.69) is 13.2 Å². The fourth-order valence-corrected chi connectivity index (χ4v) is 1.29. The van der Waals surface area contributed by atoms with Crippen LogP contribution in [0, 0.1) is 0 Å². The molecule has 0 saturated heterocycles. The molecule has 0 fully saturated rings. The van der Waals surface area contributed by atoms with Crippen LogP contribution in [0.2, 0.25) is 0 Å². The number of carbonyl (C=O) groups excluding carboxylic acids is 1. The lowest BCUT2D eigenvalue weighted by atomic mass is 10.0. The minimum atomic E-state index is -0.0527. The molecule has 0 bridgehead atoms. The van der Waals surface area contributed by atoms with E-state index >= 15 is 0 Å². The molecule has 1 aromatic carbocycles. The second-order valence-corrected chi connectivity index (χ2v) is 3.08. The van der Waals surface area contributed by atoms with Crippen molar-refractivity contribution in [1.29, 1.82) is 0 Å². The maximum atomic E-state index is 11.6. The Labute approximate surface area is 90.4 Å². The van der Waals surface area contributed by atoms with E-state index in [-0.39, 0.29) is 5.78 Å². The van der Waals surface area contributed by atoms with Gasteiger partial charge in [-0.1, -0.05) is 49.1 Å². The van der Waals surface area contributed by atoms with E-state index < -0.39 is 0 Å². The van der Waals surface area contributed by atoms with Gasteiger partial charge in [0.1, 0.15) is 0 Å². The van der Waals surface area contributed by atoms with Gasteiger partial charge < -0.3 is 0 Å². The van der Waals surface area contributed by atoms with Gasteiger partial charge in [0.2, 0.25) is 0 Å². The lowest BCUT2D eigenvalue weighted by molar-refractivity contribution is -0.109. The van der Waals surface area contributed by atoms with Crippen LogP contribution in [-0.4, -0.2) is 5.78 Å². The summed E-state index contributed by atoms with van der Waals surface area (Å²) in [4.78, 5) is 11.6. The highest BCUT2D eigenvalue weighted by Crippen LogP contribution is 2.16. The van der Waals surface area contributed by atoms with Gasteiger partial charge in [0.05, 0.1) is 0 Å². The highest BCUT2D eigenvalue weighted by atomic mass is 16.1. The molecule has 0 spiro atoms.